The smallest absolute Gasteiger partial charge is 0.234 e. The Labute approximate surface area is 97.9 Å². The van der Waals surface area contributed by atoms with Crippen molar-refractivity contribution in [2.45, 2.75) is 38.6 Å². The summed E-state index contributed by atoms with van der Waals surface area (Å²) in [6.45, 7) is 3.23. The van der Waals surface area contributed by atoms with Crippen molar-refractivity contribution in [2.24, 2.45) is 0 Å². The Morgan fingerprint density at radius 3 is 3.19 bits per heavy atom. The number of aryl methyl sites for hydroxylation is 1. The summed E-state index contributed by atoms with van der Waals surface area (Å²) in [6.07, 6.45) is 4.46. The fourth-order valence-corrected chi connectivity index (χ4v) is 3.07. The van der Waals surface area contributed by atoms with E-state index in [2.05, 4.69) is 27.5 Å². The molecule has 2 aromatic heterocycles. The fourth-order valence-electron chi connectivity index (χ4n) is 2.14. The van der Waals surface area contributed by atoms with E-state index in [0.29, 0.717) is 6.04 Å². The highest BCUT2D eigenvalue weighted by atomic mass is 32.1. The molecule has 3 rings (SSSR count). The first-order valence-electron chi connectivity index (χ1n) is 5.80. The highest BCUT2D eigenvalue weighted by molar-refractivity contribution is 7.16. The van der Waals surface area contributed by atoms with Gasteiger partial charge in [-0.15, -0.1) is 10.2 Å². The highest BCUT2D eigenvalue weighted by Gasteiger charge is 2.18. The third-order valence-electron chi connectivity index (χ3n) is 3.00. The van der Waals surface area contributed by atoms with Crippen LogP contribution < -0.4 is 5.32 Å². The fraction of sp³-hybridized carbons (Fsp3) is 0.700. The number of aromatic nitrogens is 4. The predicted octanol–water partition coefficient (Wildman–Crippen LogP) is 1.04. The molecule has 0 bridgehead atoms. The Morgan fingerprint density at radius 1 is 1.50 bits per heavy atom. The monoisotopic (exact) mass is 237 g/mol. The normalized spacial score (nSPS) is 20.9. The molecule has 0 aliphatic carbocycles. The van der Waals surface area contributed by atoms with Gasteiger partial charge in [-0.3, -0.25) is 0 Å². The van der Waals surface area contributed by atoms with Crippen molar-refractivity contribution in [3.8, 4) is 0 Å². The summed E-state index contributed by atoms with van der Waals surface area (Å²) in [5, 5.41) is 17.5. The van der Waals surface area contributed by atoms with Crippen LogP contribution in [0.2, 0.25) is 0 Å². The molecule has 1 N–H and O–H groups in total. The number of fused-ring (bicyclic) bond motifs is 1. The quantitative estimate of drug-likeness (QED) is 0.866. The van der Waals surface area contributed by atoms with Gasteiger partial charge in [-0.05, 0) is 19.4 Å². The second kappa shape index (κ2) is 4.10. The maximum atomic E-state index is 4.58. The third-order valence-corrected chi connectivity index (χ3v) is 3.92. The van der Waals surface area contributed by atoms with Gasteiger partial charge in [-0.1, -0.05) is 18.3 Å². The zero-order valence-corrected chi connectivity index (χ0v) is 10.1. The lowest BCUT2D eigenvalue weighted by Crippen LogP contribution is -2.23. The minimum absolute atomic E-state index is 0.605. The topological polar surface area (TPSA) is 55.1 Å². The van der Waals surface area contributed by atoms with E-state index in [1.54, 1.807) is 11.3 Å². The van der Waals surface area contributed by atoms with E-state index in [-0.39, 0.29) is 0 Å². The summed E-state index contributed by atoms with van der Waals surface area (Å²) < 4.78 is 1.88. The second-order valence-electron chi connectivity index (χ2n) is 4.16. The van der Waals surface area contributed by atoms with E-state index in [0.717, 1.165) is 30.2 Å². The van der Waals surface area contributed by atoms with Gasteiger partial charge in [0.15, 0.2) is 5.82 Å². The van der Waals surface area contributed by atoms with E-state index >= 15 is 0 Å². The lowest BCUT2D eigenvalue weighted by Gasteiger charge is -2.05. The summed E-state index contributed by atoms with van der Waals surface area (Å²) in [5.41, 5.74) is 0. The second-order valence-corrected chi connectivity index (χ2v) is 5.20. The zero-order valence-electron chi connectivity index (χ0n) is 9.31. The van der Waals surface area contributed by atoms with Gasteiger partial charge < -0.3 is 5.32 Å². The molecule has 16 heavy (non-hydrogen) atoms. The van der Waals surface area contributed by atoms with E-state index < -0.39 is 0 Å². The van der Waals surface area contributed by atoms with Crippen molar-refractivity contribution in [1.29, 1.82) is 0 Å². The first-order valence-corrected chi connectivity index (χ1v) is 6.62. The van der Waals surface area contributed by atoms with Crippen LogP contribution in [0.5, 0.6) is 0 Å². The molecule has 0 saturated carbocycles. The number of hydrogen-bond donors (Lipinski definition) is 1. The molecule has 1 fully saturated rings. The van der Waals surface area contributed by atoms with Gasteiger partial charge in [0.2, 0.25) is 4.96 Å². The van der Waals surface area contributed by atoms with E-state index in [4.69, 9.17) is 0 Å². The first-order chi connectivity index (χ1) is 7.86. The molecular weight excluding hydrogens is 222 g/mol. The van der Waals surface area contributed by atoms with Crippen molar-refractivity contribution in [3.63, 3.8) is 0 Å². The molecule has 2 aromatic rings. The Kier molecular flexibility index (Phi) is 2.61. The molecule has 86 valence electrons. The summed E-state index contributed by atoms with van der Waals surface area (Å²) >= 11 is 1.66. The average molecular weight is 237 g/mol. The summed E-state index contributed by atoms with van der Waals surface area (Å²) in [5.74, 6) is 0.955. The molecule has 1 aliphatic rings. The van der Waals surface area contributed by atoms with Crippen LogP contribution in [0.4, 0.5) is 0 Å². The Hall–Kier alpha value is -1.01. The number of nitrogens with one attached hydrogen (secondary N) is 1. The zero-order chi connectivity index (χ0) is 11.0. The van der Waals surface area contributed by atoms with Crippen LogP contribution in [0.3, 0.4) is 0 Å². The molecule has 0 spiro atoms. The molecule has 5 nitrogen and oxygen atoms in total. The Balaban J connectivity index is 1.84. The lowest BCUT2D eigenvalue weighted by atomic mass is 10.2. The van der Waals surface area contributed by atoms with E-state index in [1.165, 1.54) is 17.8 Å². The van der Waals surface area contributed by atoms with Gasteiger partial charge in [-0.2, -0.15) is 9.61 Å². The van der Waals surface area contributed by atoms with Crippen LogP contribution >= 0.6 is 11.3 Å². The van der Waals surface area contributed by atoms with E-state index in [1.807, 2.05) is 4.52 Å². The minimum atomic E-state index is 0.605. The number of nitrogens with zero attached hydrogens (tertiary/aromatic N) is 4. The summed E-state index contributed by atoms with van der Waals surface area (Å²) in [4.78, 5) is 0.921. The SMILES string of the molecule is CCc1nnc2sc(CC3CCCN3)nn12. The highest BCUT2D eigenvalue weighted by Crippen LogP contribution is 2.18. The standard InChI is InChI=1S/C10H15N5S/c1-2-8-12-13-10-15(8)14-9(16-10)6-7-4-3-5-11-7/h7,11H,2-6H2,1H3. The first kappa shape index (κ1) is 10.2. The van der Waals surface area contributed by atoms with Crippen molar-refractivity contribution >= 4 is 16.3 Å². The third kappa shape index (κ3) is 1.72. The van der Waals surface area contributed by atoms with Crippen molar-refractivity contribution in [3.05, 3.63) is 10.8 Å². The number of rotatable bonds is 3. The molecule has 3 heterocycles. The van der Waals surface area contributed by atoms with Crippen LogP contribution in [0.25, 0.3) is 4.96 Å². The van der Waals surface area contributed by atoms with Crippen LogP contribution in [-0.4, -0.2) is 32.4 Å². The molecule has 6 heteroatoms. The molecule has 1 aliphatic heterocycles. The molecule has 0 radical (unpaired) electrons. The van der Waals surface area contributed by atoms with Crippen LogP contribution in [0, 0.1) is 0 Å². The number of hydrogen-bond acceptors (Lipinski definition) is 5. The van der Waals surface area contributed by atoms with E-state index in [9.17, 15) is 0 Å². The Morgan fingerprint density at radius 2 is 2.44 bits per heavy atom. The Bertz CT molecular complexity index is 482. The van der Waals surface area contributed by atoms with Gasteiger partial charge in [-0.25, -0.2) is 0 Å². The van der Waals surface area contributed by atoms with Crippen LogP contribution in [0.1, 0.15) is 30.6 Å². The van der Waals surface area contributed by atoms with Gasteiger partial charge in [0.05, 0.1) is 0 Å². The van der Waals surface area contributed by atoms with Gasteiger partial charge in [0.1, 0.15) is 5.01 Å². The summed E-state index contributed by atoms with van der Waals surface area (Å²) in [7, 11) is 0. The summed E-state index contributed by atoms with van der Waals surface area (Å²) in [6, 6.07) is 0.605. The van der Waals surface area contributed by atoms with Crippen LogP contribution in [0.15, 0.2) is 0 Å². The largest absolute Gasteiger partial charge is 0.314 e. The van der Waals surface area contributed by atoms with Gasteiger partial charge in [0, 0.05) is 18.9 Å². The van der Waals surface area contributed by atoms with Gasteiger partial charge in [0.25, 0.3) is 0 Å². The predicted molar refractivity (Wildman–Crippen MR) is 62.8 cm³/mol. The van der Waals surface area contributed by atoms with Crippen LogP contribution in [-0.2, 0) is 12.8 Å². The lowest BCUT2D eigenvalue weighted by molar-refractivity contribution is 0.595. The maximum absolute atomic E-state index is 4.58. The molecule has 1 saturated heterocycles. The van der Waals surface area contributed by atoms with Crippen molar-refractivity contribution < 1.29 is 0 Å². The minimum Gasteiger partial charge on any atom is -0.314 e. The molecule has 0 amide bonds. The van der Waals surface area contributed by atoms with Gasteiger partial charge >= 0.3 is 0 Å². The average Bonchev–Trinajstić information content (AvgIpc) is 2.94. The maximum Gasteiger partial charge on any atom is 0.234 e. The molecule has 1 atom stereocenters. The molecule has 1 unspecified atom stereocenters. The molecular formula is C10H15N5S. The molecule has 0 aromatic carbocycles. The van der Waals surface area contributed by atoms with Crippen molar-refractivity contribution in [2.75, 3.05) is 6.54 Å². The van der Waals surface area contributed by atoms with Crippen molar-refractivity contribution in [1.82, 2.24) is 25.1 Å².